The average Bonchev–Trinajstić information content (AvgIpc) is 3.18. The Morgan fingerprint density at radius 3 is 2.43 bits per heavy atom. The Hall–Kier alpha value is -1.94. The number of halogens is 3. The normalized spacial score (nSPS) is 39.5. The maximum absolute atomic E-state index is 17.5. The number of hydrogen-bond donors (Lipinski definition) is 2. The number of rotatable bonds is 6. The van der Waals surface area contributed by atoms with Gasteiger partial charge in [0.05, 0.1) is 6.10 Å². The molecule has 0 amide bonds. The van der Waals surface area contributed by atoms with Crippen LogP contribution >= 0.6 is 11.8 Å². The highest BCUT2D eigenvalue weighted by Crippen LogP contribution is 2.70. The summed E-state index contributed by atoms with van der Waals surface area (Å²) in [5.74, 6) is -3.05. The van der Waals surface area contributed by atoms with Gasteiger partial charge in [0.1, 0.15) is 12.2 Å². The number of carbonyl (C=O) groups excluding carboxylic acids is 2. The second-order valence-corrected chi connectivity index (χ2v) is 15.2. The summed E-state index contributed by atoms with van der Waals surface area (Å²) in [6.07, 6.45) is 0.720. The van der Waals surface area contributed by atoms with Gasteiger partial charge in [-0.3, -0.25) is 9.59 Å². The number of alkyl halides is 3. The van der Waals surface area contributed by atoms with Crippen molar-refractivity contribution in [2.75, 3.05) is 12.6 Å². The van der Waals surface area contributed by atoms with Gasteiger partial charge in [-0.1, -0.05) is 69.8 Å². The van der Waals surface area contributed by atoms with Crippen LogP contribution in [0.5, 0.6) is 0 Å². The summed E-state index contributed by atoms with van der Waals surface area (Å²) in [6.45, 7) is 10.0. The first-order valence-electron chi connectivity index (χ1n) is 14.8. The molecule has 5 nitrogen and oxygen atoms in total. The fourth-order valence-electron chi connectivity index (χ4n) is 8.83. The molecular formula is C33H42F3NO4S. The van der Waals surface area contributed by atoms with E-state index in [4.69, 9.17) is 0 Å². The van der Waals surface area contributed by atoms with E-state index in [1.54, 1.807) is 6.92 Å². The molecule has 4 aliphatic carbocycles. The summed E-state index contributed by atoms with van der Waals surface area (Å²) in [7, 11) is 0. The zero-order valence-corrected chi connectivity index (χ0v) is 25.8. The van der Waals surface area contributed by atoms with Crippen LogP contribution in [0.25, 0.3) is 0 Å². The lowest BCUT2D eigenvalue weighted by Gasteiger charge is -2.62. The van der Waals surface area contributed by atoms with E-state index in [1.165, 1.54) is 12.2 Å². The van der Waals surface area contributed by atoms with Gasteiger partial charge in [0.25, 0.3) is 0 Å². The average molecular weight is 606 g/mol. The number of hydrogen-bond acceptors (Lipinski definition) is 6. The zero-order chi connectivity index (χ0) is 30.8. The Labute approximate surface area is 250 Å². The third-order valence-corrected chi connectivity index (χ3v) is 11.5. The van der Waals surface area contributed by atoms with Crippen LogP contribution in [-0.4, -0.2) is 56.8 Å². The standard InChI is InChI=1S/C33H42F3NO4S/c1-30(2,3)21-8-6-19(7-9-21)16-37(41)17-20-12-23-24-14-26(35)25-13-22(38)10-11-32(25,5)33(24,36)27(39)15-31(23,4)28(20)29(40)42-18-34/h6-11,13,20,23-24,26-28,39,41H,12,14-18H2,1-5H3/t20-,23?,24-,26-,27-,28+,31-,32-,33-/m0/s1. The van der Waals surface area contributed by atoms with E-state index in [0.717, 1.165) is 22.3 Å². The molecule has 0 radical (unpaired) electrons. The minimum Gasteiger partial charge on any atom is -0.390 e. The summed E-state index contributed by atoms with van der Waals surface area (Å²) < 4.78 is 46.7. The Bertz CT molecular complexity index is 1290. The molecule has 1 aromatic carbocycles. The van der Waals surface area contributed by atoms with Crippen molar-refractivity contribution in [3.8, 4) is 0 Å². The third-order valence-electron chi connectivity index (χ3n) is 10.9. The van der Waals surface area contributed by atoms with Crippen molar-refractivity contribution in [2.24, 2.45) is 34.5 Å². The van der Waals surface area contributed by atoms with E-state index in [2.05, 4.69) is 20.8 Å². The van der Waals surface area contributed by atoms with Crippen molar-refractivity contribution < 1.29 is 33.1 Å². The highest BCUT2D eigenvalue weighted by Gasteiger charge is 2.73. The molecule has 0 heterocycles. The summed E-state index contributed by atoms with van der Waals surface area (Å²) in [4.78, 5) is 25.5. The summed E-state index contributed by atoms with van der Waals surface area (Å²) in [6, 6.07) is 7.03. The monoisotopic (exact) mass is 605 g/mol. The Kier molecular flexibility index (Phi) is 8.17. The SMILES string of the molecule is CC(C)(C)c1ccc(CN(O)C[C@@H]2CC3[C@@H]4C[C@H](F)C5=CC(=O)C=C[C@]5(C)[C@@]4(F)[C@@H](O)C[C@]3(C)[C@H]2C(=O)SCF)cc1. The molecule has 0 spiro atoms. The van der Waals surface area contributed by atoms with Gasteiger partial charge in [-0.15, -0.1) is 0 Å². The van der Waals surface area contributed by atoms with Crippen LogP contribution in [-0.2, 0) is 21.5 Å². The van der Waals surface area contributed by atoms with Gasteiger partial charge in [0, 0.05) is 30.3 Å². The van der Waals surface area contributed by atoms with Crippen molar-refractivity contribution in [3.63, 3.8) is 0 Å². The summed E-state index contributed by atoms with van der Waals surface area (Å²) >= 11 is 0.556. The van der Waals surface area contributed by atoms with E-state index in [-0.39, 0.29) is 36.9 Å². The molecule has 3 fully saturated rings. The molecular weight excluding hydrogens is 563 g/mol. The first-order valence-corrected chi connectivity index (χ1v) is 15.8. The van der Waals surface area contributed by atoms with Crippen LogP contribution in [0.3, 0.4) is 0 Å². The van der Waals surface area contributed by atoms with Crippen LogP contribution in [0.15, 0.2) is 48.1 Å². The van der Waals surface area contributed by atoms with Crippen LogP contribution < -0.4 is 0 Å². The number of allylic oxidation sites excluding steroid dienone is 4. The molecule has 9 atom stereocenters. The largest absolute Gasteiger partial charge is 0.390 e. The lowest BCUT2D eigenvalue weighted by Crippen LogP contribution is -2.68. The van der Waals surface area contributed by atoms with Crippen molar-refractivity contribution >= 4 is 22.7 Å². The molecule has 9 heteroatoms. The van der Waals surface area contributed by atoms with Gasteiger partial charge < -0.3 is 10.3 Å². The number of thioether (sulfide) groups is 1. The lowest BCUT2D eigenvalue weighted by atomic mass is 9.45. The second kappa shape index (κ2) is 10.9. The van der Waals surface area contributed by atoms with Crippen LogP contribution in [0.1, 0.15) is 65.0 Å². The molecule has 42 heavy (non-hydrogen) atoms. The highest BCUT2D eigenvalue weighted by molar-refractivity contribution is 8.13. The zero-order valence-electron chi connectivity index (χ0n) is 24.9. The maximum atomic E-state index is 17.5. The van der Waals surface area contributed by atoms with Gasteiger partial charge in [-0.2, -0.15) is 5.06 Å². The number of carbonyl (C=O) groups is 2. The molecule has 1 aromatic rings. The van der Waals surface area contributed by atoms with E-state index in [1.807, 2.05) is 31.2 Å². The predicted octanol–water partition coefficient (Wildman–Crippen LogP) is 6.52. The molecule has 0 aliphatic heterocycles. The number of aliphatic hydroxyl groups excluding tert-OH is 1. The minimum absolute atomic E-state index is 0.0147. The predicted molar refractivity (Wildman–Crippen MR) is 157 cm³/mol. The number of fused-ring (bicyclic) bond motifs is 5. The lowest BCUT2D eigenvalue weighted by molar-refractivity contribution is -0.201. The molecule has 0 aromatic heterocycles. The van der Waals surface area contributed by atoms with Gasteiger partial charge in [0.2, 0.25) is 0 Å². The quantitative estimate of drug-likeness (QED) is 0.360. The van der Waals surface area contributed by atoms with E-state index in [0.29, 0.717) is 18.2 Å². The van der Waals surface area contributed by atoms with Gasteiger partial charge in [-0.25, -0.2) is 13.2 Å². The van der Waals surface area contributed by atoms with Crippen LogP contribution in [0.4, 0.5) is 13.2 Å². The van der Waals surface area contributed by atoms with Crippen molar-refractivity contribution in [2.45, 2.75) is 83.8 Å². The Morgan fingerprint density at radius 1 is 1.14 bits per heavy atom. The number of hydroxylamine groups is 2. The maximum Gasteiger partial charge on any atom is 0.195 e. The molecule has 230 valence electrons. The van der Waals surface area contributed by atoms with Crippen LogP contribution in [0, 0.1) is 34.5 Å². The topological polar surface area (TPSA) is 77.8 Å². The molecule has 5 rings (SSSR count). The smallest absolute Gasteiger partial charge is 0.195 e. The van der Waals surface area contributed by atoms with Gasteiger partial charge in [-0.05, 0) is 77.7 Å². The first kappa shape index (κ1) is 31.5. The molecule has 3 saturated carbocycles. The van der Waals surface area contributed by atoms with Crippen molar-refractivity contribution in [1.29, 1.82) is 0 Å². The number of nitrogens with zero attached hydrogens (tertiary/aromatic N) is 1. The molecule has 2 N–H and O–H groups in total. The molecule has 1 unspecified atom stereocenters. The summed E-state index contributed by atoms with van der Waals surface area (Å²) in [5.41, 5.74) is -2.63. The second-order valence-electron chi connectivity index (χ2n) is 14.3. The molecule has 0 bridgehead atoms. The third kappa shape index (κ3) is 4.92. The number of benzene rings is 1. The van der Waals surface area contributed by atoms with Crippen molar-refractivity contribution in [1.82, 2.24) is 5.06 Å². The summed E-state index contributed by atoms with van der Waals surface area (Å²) in [5, 5.41) is 23.3. The highest BCUT2D eigenvalue weighted by atomic mass is 32.2. The van der Waals surface area contributed by atoms with Crippen molar-refractivity contribution in [3.05, 3.63) is 59.2 Å². The molecule has 4 aliphatic rings. The number of aliphatic hydroxyl groups is 1. The fourth-order valence-corrected chi connectivity index (χ4v) is 9.58. The number of ketones is 1. The van der Waals surface area contributed by atoms with Gasteiger partial charge >= 0.3 is 0 Å². The van der Waals surface area contributed by atoms with E-state index in [9.17, 15) is 24.3 Å². The Morgan fingerprint density at radius 2 is 1.81 bits per heavy atom. The van der Waals surface area contributed by atoms with E-state index >= 15 is 8.78 Å². The minimum atomic E-state index is -2.26. The first-order chi connectivity index (χ1) is 19.6. The van der Waals surface area contributed by atoms with E-state index < -0.39 is 69.4 Å². The molecule has 0 saturated heterocycles. The van der Waals surface area contributed by atoms with Crippen LogP contribution in [0.2, 0.25) is 0 Å². The van der Waals surface area contributed by atoms with Gasteiger partial charge in [0.15, 0.2) is 16.6 Å². The fraction of sp³-hybridized carbons (Fsp3) is 0.636. The Balaban J connectivity index is 1.45.